The molecular weight excluding hydrogens is 312 g/mol. The third kappa shape index (κ3) is 5.60. The minimum absolute atomic E-state index is 0.203. The first-order chi connectivity index (χ1) is 12.0. The molecule has 0 radical (unpaired) electrons. The minimum Gasteiger partial charge on any atom is -0.465 e. The first-order valence-corrected chi connectivity index (χ1v) is 8.93. The van der Waals surface area contributed by atoms with Gasteiger partial charge in [-0.2, -0.15) is 0 Å². The van der Waals surface area contributed by atoms with Crippen LogP contribution in [0.2, 0.25) is 0 Å². The van der Waals surface area contributed by atoms with Gasteiger partial charge in [0.1, 0.15) is 0 Å². The van der Waals surface area contributed by atoms with E-state index in [-0.39, 0.29) is 18.0 Å². The molecule has 1 aromatic carbocycles. The molecule has 0 fully saturated rings. The second kappa shape index (κ2) is 10.5. The van der Waals surface area contributed by atoms with Crippen molar-refractivity contribution in [2.24, 2.45) is 5.41 Å². The zero-order valence-electron chi connectivity index (χ0n) is 15.6. The molecule has 0 bridgehead atoms. The van der Waals surface area contributed by atoms with Crippen LogP contribution >= 0.6 is 0 Å². The Morgan fingerprint density at radius 3 is 2.40 bits per heavy atom. The summed E-state index contributed by atoms with van der Waals surface area (Å²) in [5.41, 5.74) is -0.757. The van der Waals surface area contributed by atoms with Crippen LogP contribution in [0.3, 0.4) is 0 Å². The summed E-state index contributed by atoms with van der Waals surface area (Å²) in [6, 6.07) is 8.72. The molecule has 0 aromatic heterocycles. The fourth-order valence-corrected chi connectivity index (χ4v) is 2.44. The number of ketones is 1. The summed E-state index contributed by atoms with van der Waals surface area (Å²) in [6.07, 6.45) is 5.24. The maximum absolute atomic E-state index is 13.0. The molecule has 1 atom stereocenters. The maximum atomic E-state index is 13.0. The Kier molecular flexibility index (Phi) is 8.70. The van der Waals surface area contributed by atoms with Crippen molar-refractivity contribution >= 4 is 11.8 Å². The SMILES string of the molecule is C=C(C#CCCCCCC)C(C)(C(=O)OCC)C(=O)c1ccccc1. The van der Waals surface area contributed by atoms with Crippen molar-refractivity contribution in [1.29, 1.82) is 0 Å². The lowest BCUT2D eigenvalue weighted by molar-refractivity contribution is -0.149. The molecule has 0 heterocycles. The van der Waals surface area contributed by atoms with Crippen LogP contribution < -0.4 is 0 Å². The van der Waals surface area contributed by atoms with Crippen molar-refractivity contribution in [3.05, 3.63) is 48.0 Å². The van der Waals surface area contributed by atoms with Gasteiger partial charge < -0.3 is 4.74 Å². The van der Waals surface area contributed by atoms with Gasteiger partial charge in [-0.05, 0) is 20.3 Å². The second-order valence-electron chi connectivity index (χ2n) is 6.13. The molecule has 1 unspecified atom stereocenters. The molecule has 0 aliphatic heterocycles. The average molecular weight is 340 g/mol. The van der Waals surface area contributed by atoms with E-state index in [0.717, 1.165) is 19.3 Å². The zero-order valence-corrected chi connectivity index (χ0v) is 15.6. The Morgan fingerprint density at radius 1 is 1.12 bits per heavy atom. The van der Waals surface area contributed by atoms with Gasteiger partial charge in [-0.25, -0.2) is 0 Å². The van der Waals surface area contributed by atoms with Crippen molar-refractivity contribution in [3.8, 4) is 11.8 Å². The van der Waals surface area contributed by atoms with E-state index in [9.17, 15) is 9.59 Å². The van der Waals surface area contributed by atoms with Crippen molar-refractivity contribution < 1.29 is 14.3 Å². The van der Waals surface area contributed by atoms with Gasteiger partial charge >= 0.3 is 5.97 Å². The fourth-order valence-electron chi connectivity index (χ4n) is 2.44. The Bertz CT molecular complexity index is 649. The lowest BCUT2D eigenvalue weighted by atomic mass is 9.76. The summed E-state index contributed by atoms with van der Waals surface area (Å²) in [5.74, 6) is 5.03. The molecule has 25 heavy (non-hydrogen) atoms. The number of carbonyl (C=O) groups is 2. The Balaban J connectivity index is 3.00. The molecule has 0 saturated heterocycles. The topological polar surface area (TPSA) is 43.4 Å². The predicted molar refractivity (Wildman–Crippen MR) is 101 cm³/mol. The van der Waals surface area contributed by atoms with E-state index in [0.29, 0.717) is 5.56 Å². The first kappa shape index (κ1) is 20.7. The molecule has 3 heteroatoms. The number of hydrogen-bond donors (Lipinski definition) is 0. The van der Waals surface area contributed by atoms with E-state index < -0.39 is 11.4 Å². The maximum Gasteiger partial charge on any atom is 0.324 e. The standard InChI is InChI=1S/C22H28O3/c1-5-7-8-9-10-12-15-18(3)22(4,21(24)25-6-2)20(23)19-16-13-11-14-17-19/h11,13-14,16-17H,3,5-10H2,1-2,4H3. The lowest BCUT2D eigenvalue weighted by Crippen LogP contribution is -2.39. The van der Waals surface area contributed by atoms with Crippen LogP contribution in [-0.2, 0) is 9.53 Å². The van der Waals surface area contributed by atoms with E-state index in [1.807, 2.05) is 6.07 Å². The van der Waals surface area contributed by atoms with Gasteiger partial charge in [-0.1, -0.05) is 74.9 Å². The smallest absolute Gasteiger partial charge is 0.324 e. The van der Waals surface area contributed by atoms with E-state index >= 15 is 0 Å². The molecule has 0 amide bonds. The van der Waals surface area contributed by atoms with Crippen molar-refractivity contribution in [2.45, 2.75) is 52.9 Å². The Morgan fingerprint density at radius 2 is 1.80 bits per heavy atom. The minimum atomic E-state index is -1.49. The highest BCUT2D eigenvalue weighted by atomic mass is 16.5. The summed E-state index contributed by atoms with van der Waals surface area (Å²) < 4.78 is 5.14. The number of benzene rings is 1. The Hall–Kier alpha value is -2.34. The third-order valence-electron chi connectivity index (χ3n) is 4.17. The Labute approximate surface area is 151 Å². The van der Waals surface area contributed by atoms with Crippen LogP contribution in [-0.4, -0.2) is 18.4 Å². The molecule has 0 aliphatic carbocycles. The summed E-state index contributed by atoms with van der Waals surface area (Å²) >= 11 is 0. The molecule has 0 saturated carbocycles. The number of ether oxygens (including phenoxy) is 1. The van der Waals surface area contributed by atoms with E-state index in [4.69, 9.17) is 4.74 Å². The highest BCUT2D eigenvalue weighted by molar-refractivity contribution is 6.15. The lowest BCUT2D eigenvalue weighted by Gasteiger charge is -2.25. The van der Waals surface area contributed by atoms with E-state index in [1.54, 1.807) is 38.1 Å². The van der Waals surface area contributed by atoms with Crippen LogP contribution in [0.4, 0.5) is 0 Å². The highest BCUT2D eigenvalue weighted by Gasteiger charge is 2.45. The van der Waals surface area contributed by atoms with Gasteiger partial charge in [0, 0.05) is 17.6 Å². The number of esters is 1. The largest absolute Gasteiger partial charge is 0.465 e. The molecule has 134 valence electrons. The van der Waals surface area contributed by atoms with Crippen molar-refractivity contribution in [3.63, 3.8) is 0 Å². The van der Waals surface area contributed by atoms with Crippen molar-refractivity contribution in [2.75, 3.05) is 6.61 Å². The normalized spacial score (nSPS) is 12.4. The van der Waals surface area contributed by atoms with Gasteiger partial charge in [0.05, 0.1) is 6.61 Å². The first-order valence-electron chi connectivity index (χ1n) is 8.93. The van der Waals surface area contributed by atoms with Gasteiger partial charge in [0.2, 0.25) is 0 Å². The quantitative estimate of drug-likeness (QED) is 0.210. The zero-order chi connectivity index (χ0) is 18.7. The second-order valence-corrected chi connectivity index (χ2v) is 6.13. The van der Waals surface area contributed by atoms with Crippen LogP contribution in [0.25, 0.3) is 0 Å². The van der Waals surface area contributed by atoms with E-state index in [1.165, 1.54) is 12.8 Å². The third-order valence-corrected chi connectivity index (χ3v) is 4.17. The molecule has 3 nitrogen and oxygen atoms in total. The van der Waals surface area contributed by atoms with Crippen LogP contribution in [0.5, 0.6) is 0 Å². The average Bonchev–Trinajstić information content (AvgIpc) is 2.63. The number of rotatable bonds is 9. The molecule has 1 aromatic rings. The number of Topliss-reactive ketones (excluding diaryl/α,β-unsaturated/α-hetero) is 1. The summed E-state index contributed by atoms with van der Waals surface area (Å²) in [7, 11) is 0. The number of carbonyl (C=O) groups excluding carboxylic acids is 2. The van der Waals surface area contributed by atoms with Gasteiger partial charge in [-0.15, -0.1) is 0 Å². The van der Waals surface area contributed by atoms with Crippen molar-refractivity contribution in [1.82, 2.24) is 0 Å². The number of unbranched alkanes of at least 4 members (excludes halogenated alkanes) is 4. The molecule has 0 spiro atoms. The van der Waals surface area contributed by atoms with Gasteiger partial charge in [0.15, 0.2) is 11.2 Å². The van der Waals surface area contributed by atoms with Crippen LogP contribution in [0, 0.1) is 17.3 Å². The summed E-state index contributed by atoms with van der Waals surface area (Å²) in [4.78, 5) is 25.5. The highest BCUT2D eigenvalue weighted by Crippen LogP contribution is 2.32. The van der Waals surface area contributed by atoms with Gasteiger partial charge in [-0.3, -0.25) is 9.59 Å². The van der Waals surface area contributed by atoms with E-state index in [2.05, 4.69) is 25.3 Å². The van der Waals surface area contributed by atoms with Gasteiger partial charge in [0.25, 0.3) is 0 Å². The molecule has 0 N–H and O–H groups in total. The number of hydrogen-bond acceptors (Lipinski definition) is 3. The monoisotopic (exact) mass is 340 g/mol. The summed E-state index contributed by atoms with van der Waals surface area (Å²) in [6.45, 7) is 9.54. The summed E-state index contributed by atoms with van der Waals surface area (Å²) in [5, 5.41) is 0. The molecule has 0 aliphatic rings. The van der Waals surface area contributed by atoms with Crippen LogP contribution in [0.1, 0.15) is 63.2 Å². The predicted octanol–water partition coefficient (Wildman–Crippen LogP) is 4.97. The van der Waals surface area contributed by atoms with Crippen LogP contribution in [0.15, 0.2) is 42.5 Å². The fraction of sp³-hybridized carbons (Fsp3) is 0.455. The molecule has 1 rings (SSSR count). The molecular formula is C22H28O3.